The molecule has 0 aliphatic carbocycles. The summed E-state index contributed by atoms with van der Waals surface area (Å²) < 4.78 is 5.07. The molecule has 1 atom stereocenters. The van der Waals surface area contributed by atoms with Gasteiger partial charge in [0.1, 0.15) is 0 Å². The minimum atomic E-state index is -0.252. The van der Waals surface area contributed by atoms with Crippen LogP contribution in [0.5, 0.6) is 0 Å². The molecule has 0 saturated carbocycles. The van der Waals surface area contributed by atoms with Gasteiger partial charge in [-0.2, -0.15) is 0 Å². The lowest BCUT2D eigenvalue weighted by atomic mass is 9.98. The molecule has 0 spiro atoms. The molecule has 0 unspecified atom stereocenters. The number of carbonyl (C=O) groups is 3. The van der Waals surface area contributed by atoms with Gasteiger partial charge in [0.15, 0.2) is 0 Å². The molecule has 1 aromatic carbocycles. The Kier molecular flexibility index (Phi) is 7.79. The second kappa shape index (κ2) is 10.1. The number of benzene rings is 1. The maximum atomic E-state index is 12.5. The lowest BCUT2D eigenvalue weighted by molar-refractivity contribution is -0.151. The van der Waals surface area contributed by atoms with Crippen molar-refractivity contribution in [3.05, 3.63) is 29.8 Å². The summed E-state index contributed by atoms with van der Waals surface area (Å²) in [5, 5.41) is 2.82. The molecule has 27 heavy (non-hydrogen) atoms. The lowest BCUT2D eigenvalue weighted by Crippen LogP contribution is -2.47. The third kappa shape index (κ3) is 6.67. The maximum Gasteiger partial charge on any atom is 0.310 e. The summed E-state index contributed by atoms with van der Waals surface area (Å²) in [5.74, 6) is -0.731. The largest absolute Gasteiger partial charge is 0.466 e. The monoisotopic (exact) mass is 375 g/mol. The average Bonchev–Trinajstić information content (AvgIpc) is 2.63. The van der Waals surface area contributed by atoms with Gasteiger partial charge in [-0.25, -0.2) is 0 Å². The highest BCUT2D eigenvalue weighted by Gasteiger charge is 2.29. The molecule has 2 rings (SSSR count). The van der Waals surface area contributed by atoms with Crippen molar-refractivity contribution in [2.75, 3.05) is 45.2 Å². The number of hydrogen-bond donors (Lipinski definition) is 1. The summed E-state index contributed by atoms with van der Waals surface area (Å²) >= 11 is 0. The number of nitrogens with zero attached hydrogens (tertiary/aromatic N) is 2. The molecule has 1 aromatic rings. The summed E-state index contributed by atoms with van der Waals surface area (Å²) in [6.45, 7) is 5.39. The number of piperidine rings is 1. The lowest BCUT2D eigenvalue weighted by Gasteiger charge is -2.32. The first-order valence-corrected chi connectivity index (χ1v) is 9.38. The molecule has 1 heterocycles. The highest BCUT2D eigenvalue weighted by molar-refractivity contribution is 5.92. The Morgan fingerprint density at radius 1 is 1.22 bits per heavy atom. The molecule has 1 aliphatic rings. The van der Waals surface area contributed by atoms with Gasteiger partial charge in [-0.15, -0.1) is 0 Å². The van der Waals surface area contributed by atoms with Crippen LogP contribution in [0.1, 0.15) is 25.3 Å². The topological polar surface area (TPSA) is 79.0 Å². The summed E-state index contributed by atoms with van der Waals surface area (Å²) in [4.78, 5) is 39.9. The Morgan fingerprint density at radius 2 is 1.93 bits per heavy atom. The van der Waals surface area contributed by atoms with Crippen LogP contribution >= 0.6 is 0 Å². The summed E-state index contributed by atoms with van der Waals surface area (Å²) in [6, 6.07) is 7.56. The van der Waals surface area contributed by atoms with Crippen molar-refractivity contribution >= 4 is 23.5 Å². The van der Waals surface area contributed by atoms with E-state index in [0.717, 1.165) is 24.1 Å². The number of amides is 2. The molecule has 1 aliphatic heterocycles. The second-order valence-electron chi connectivity index (χ2n) is 7.02. The molecule has 1 fully saturated rings. The maximum absolute atomic E-state index is 12.5. The van der Waals surface area contributed by atoms with Gasteiger partial charge in [0.25, 0.3) is 0 Å². The molecule has 7 heteroatoms. The van der Waals surface area contributed by atoms with E-state index < -0.39 is 0 Å². The van der Waals surface area contributed by atoms with Crippen molar-refractivity contribution in [1.82, 2.24) is 9.80 Å². The number of rotatable bonds is 7. The average molecular weight is 375 g/mol. The molecule has 2 amide bonds. The smallest absolute Gasteiger partial charge is 0.310 e. The summed E-state index contributed by atoms with van der Waals surface area (Å²) in [5.41, 5.74) is 1.86. The Hall–Kier alpha value is -2.41. The Labute approximate surface area is 160 Å². The van der Waals surface area contributed by atoms with E-state index in [0.29, 0.717) is 19.7 Å². The first kappa shape index (κ1) is 20.9. The van der Waals surface area contributed by atoms with E-state index >= 15 is 0 Å². The molecular formula is C20H29N3O4. The van der Waals surface area contributed by atoms with E-state index in [2.05, 4.69) is 5.32 Å². The third-order valence-electron chi connectivity index (χ3n) is 4.55. The fourth-order valence-corrected chi connectivity index (χ4v) is 3.13. The van der Waals surface area contributed by atoms with Crippen LogP contribution in [0.3, 0.4) is 0 Å². The van der Waals surface area contributed by atoms with Crippen molar-refractivity contribution in [2.45, 2.75) is 26.7 Å². The number of ether oxygens (including phenoxy) is 1. The number of hydrogen-bond acceptors (Lipinski definition) is 5. The van der Waals surface area contributed by atoms with E-state index in [1.165, 1.54) is 0 Å². The molecule has 148 valence electrons. The highest BCUT2D eigenvalue weighted by atomic mass is 16.5. The summed E-state index contributed by atoms with van der Waals surface area (Å²) in [6.07, 6.45) is 1.53. The van der Waals surface area contributed by atoms with E-state index in [1.54, 1.807) is 23.8 Å². The van der Waals surface area contributed by atoms with Gasteiger partial charge in [0.05, 0.1) is 25.6 Å². The van der Waals surface area contributed by atoms with Crippen molar-refractivity contribution in [3.8, 4) is 0 Å². The van der Waals surface area contributed by atoms with Crippen LogP contribution in [-0.4, -0.2) is 67.4 Å². The van der Waals surface area contributed by atoms with Crippen LogP contribution < -0.4 is 5.32 Å². The molecule has 7 nitrogen and oxygen atoms in total. The Morgan fingerprint density at radius 3 is 2.59 bits per heavy atom. The van der Waals surface area contributed by atoms with Crippen LogP contribution in [0, 0.1) is 12.8 Å². The number of anilines is 1. The minimum absolute atomic E-state index is 0.0744. The standard InChI is InChI=1S/C20H29N3O4/c1-4-27-20(26)16-6-5-11-23(12-16)19(25)14-22(3)13-18(24)21-17-9-7-15(2)8-10-17/h7-10,16H,4-6,11-14H2,1-3H3,(H,21,24)/t16-/m0/s1. The normalized spacial score (nSPS) is 16.9. The molecule has 0 bridgehead atoms. The molecule has 1 N–H and O–H groups in total. The Balaban J connectivity index is 1.79. The first-order valence-electron chi connectivity index (χ1n) is 9.38. The van der Waals surface area contributed by atoms with Gasteiger partial charge in [-0.1, -0.05) is 17.7 Å². The molecule has 0 aromatic heterocycles. The number of likely N-dealkylation sites (tertiary alicyclic amines) is 1. The van der Waals surface area contributed by atoms with Crippen LogP contribution in [-0.2, 0) is 19.1 Å². The summed E-state index contributed by atoms with van der Waals surface area (Å²) in [7, 11) is 1.74. The van der Waals surface area contributed by atoms with Crippen LogP contribution in [0.15, 0.2) is 24.3 Å². The zero-order valence-electron chi connectivity index (χ0n) is 16.4. The fraction of sp³-hybridized carbons (Fsp3) is 0.550. The zero-order chi connectivity index (χ0) is 19.8. The SMILES string of the molecule is CCOC(=O)[C@H]1CCCN(C(=O)CN(C)CC(=O)Nc2ccc(C)cc2)C1. The van der Waals surface area contributed by atoms with E-state index in [9.17, 15) is 14.4 Å². The van der Waals surface area contributed by atoms with Crippen molar-refractivity contribution in [2.24, 2.45) is 5.92 Å². The van der Waals surface area contributed by atoms with Crippen LogP contribution in [0.25, 0.3) is 0 Å². The van der Waals surface area contributed by atoms with Crippen LogP contribution in [0.4, 0.5) is 5.69 Å². The third-order valence-corrected chi connectivity index (χ3v) is 4.55. The fourth-order valence-electron chi connectivity index (χ4n) is 3.13. The van der Waals surface area contributed by atoms with Gasteiger partial charge in [-0.3, -0.25) is 19.3 Å². The number of nitrogens with one attached hydrogen (secondary N) is 1. The van der Waals surface area contributed by atoms with Gasteiger partial charge in [0, 0.05) is 18.8 Å². The van der Waals surface area contributed by atoms with Gasteiger partial charge in [0.2, 0.25) is 11.8 Å². The zero-order valence-corrected chi connectivity index (χ0v) is 16.4. The van der Waals surface area contributed by atoms with E-state index in [4.69, 9.17) is 4.74 Å². The Bertz CT molecular complexity index is 660. The quantitative estimate of drug-likeness (QED) is 0.734. The number of likely N-dealkylation sites (N-methyl/N-ethyl adjacent to an activating group) is 1. The van der Waals surface area contributed by atoms with Crippen molar-refractivity contribution < 1.29 is 19.1 Å². The van der Waals surface area contributed by atoms with Crippen molar-refractivity contribution in [3.63, 3.8) is 0 Å². The minimum Gasteiger partial charge on any atom is -0.466 e. The number of esters is 1. The van der Waals surface area contributed by atoms with Gasteiger partial charge in [-0.05, 0) is 45.9 Å². The van der Waals surface area contributed by atoms with Crippen molar-refractivity contribution in [1.29, 1.82) is 0 Å². The van der Waals surface area contributed by atoms with E-state index in [1.807, 2.05) is 31.2 Å². The predicted molar refractivity (Wildman–Crippen MR) is 103 cm³/mol. The predicted octanol–water partition coefficient (Wildman–Crippen LogP) is 1.67. The van der Waals surface area contributed by atoms with Gasteiger partial charge < -0.3 is 15.0 Å². The molecule has 0 radical (unpaired) electrons. The molecule has 1 saturated heterocycles. The van der Waals surface area contributed by atoms with E-state index in [-0.39, 0.29) is 36.8 Å². The van der Waals surface area contributed by atoms with Gasteiger partial charge >= 0.3 is 5.97 Å². The second-order valence-corrected chi connectivity index (χ2v) is 7.02. The number of carbonyl (C=O) groups excluding carboxylic acids is 3. The highest BCUT2D eigenvalue weighted by Crippen LogP contribution is 2.18. The van der Waals surface area contributed by atoms with Crippen LogP contribution in [0.2, 0.25) is 0 Å². The molecular weight excluding hydrogens is 346 g/mol. The first-order chi connectivity index (χ1) is 12.9. The number of aryl methyl sites for hydroxylation is 1.